The molecule has 42 heavy (non-hydrogen) atoms. The van der Waals surface area contributed by atoms with Crippen LogP contribution in [0.15, 0.2) is 121 Å². The van der Waals surface area contributed by atoms with Crippen molar-refractivity contribution in [3.8, 4) is 50.6 Å². The van der Waals surface area contributed by atoms with E-state index >= 15 is 0 Å². The minimum Gasteiger partial charge on any atom is -0.507 e. The van der Waals surface area contributed by atoms with Crippen LogP contribution in [-0.2, 0) is 21.1 Å². The van der Waals surface area contributed by atoms with Gasteiger partial charge in [-0.1, -0.05) is 104 Å². The van der Waals surface area contributed by atoms with E-state index in [4.69, 9.17) is 9.10 Å². The summed E-state index contributed by atoms with van der Waals surface area (Å²) >= 11 is 0. The molecule has 4 aromatic carbocycles. The number of halogens is 1. The molecule has 0 radical (unpaired) electrons. The number of nitrogens with zero attached hydrogens (tertiary/aromatic N) is 2. The maximum absolute atomic E-state index is 13.6. The molecule has 210 valence electrons. The summed E-state index contributed by atoms with van der Waals surface area (Å²) in [5, 5.41) is 11.0. The standard InChI is InChI=1S/C37H28FN2O.Pt/c1-24-20-29(33-19-16-28(23-39-33)27-8-4-3-5-9-27)22-30(21-24)34-11-7-12-35(40-34)37-32(10-6-13-36(37)41)25(2)26-14-17-31(38)18-15-26;/h3-21,23,25,41H,1-2H3;/q-1;/i1D3;. The molecule has 0 saturated heterocycles. The Morgan fingerprint density at radius 1 is 0.762 bits per heavy atom. The summed E-state index contributed by atoms with van der Waals surface area (Å²) < 4.78 is 38.0. The summed E-state index contributed by atoms with van der Waals surface area (Å²) in [5.74, 6) is -0.418. The summed E-state index contributed by atoms with van der Waals surface area (Å²) in [5.41, 5.74) is 7.03. The quantitative estimate of drug-likeness (QED) is 0.174. The van der Waals surface area contributed by atoms with E-state index in [1.54, 1.807) is 54.7 Å². The monoisotopic (exact) mass is 733 g/mol. The second kappa shape index (κ2) is 12.6. The molecular formula is C37H28FN2OPt-. The summed E-state index contributed by atoms with van der Waals surface area (Å²) in [4.78, 5) is 9.51. The molecular weight excluding hydrogens is 702 g/mol. The molecule has 0 aliphatic carbocycles. The SMILES string of the molecule is [2H]C([2H])([2H])c1cc(-c2ccc(-c3ccccc3)cn2)[c-]c(-c2cccc(-c3c(O)cccc3C(C)c3ccc(F)cc3)n2)c1.[Pt]. The number of phenols is 1. The molecule has 6 rings (SSSR count). The second-order valence-electron chi connectivity index (χ2n) is 9.92. The third-order valence-corrected chi connectivity index (χ3v) is 7.21. The van der Waals surface area contributed by atoms with Crippen molar-refractivity contribution in [3.05, 3.63) is 150 Å². The first-order valence-electron chi connectivity index (χ1n) is 14.8. The van der Waals surface area contributed by atoms with Gasteiger partial charge in [0.2, 0.25) is 0 Å². The summed E-state index contributed by atoms with van der Waals surface area (Å²) in [6.45, 7) is -0.374. The number of phenolic OH excluding ortho intramolecular Hbond substituents is 1. The van der Waals surface area contributed by atoms with Crippen LogP contribution in [0.1, 0.15) is 33.6 Å². The minimum absolute atomic E-state index is 0. The minimum atomic E-state index is -2.37. The molecule has 1 atom stereocenters. The van der Waals surface area contributed by atoms with Gasteiger partial charge in [-0.15, -0.1) is 23.8 Å². The van der Waals surface area contributed by atoms with Gasteiger partial charge in [0.15, 0.2) is 0 Å². The first-order chi connectivity index (χ1) is 21.2. The summed E-state index contributed by atoms with van der Waals surface area (Å²) in [7, 11) is 0. The van der Waals surface area contributed by atoms with Gasteiger partial charge >= 0.3 is 0 Å². The maximum atomic E-state index is 13.6. The zero-order chi connectivity index (χ0) is 30.8. The van der Waals surface area contributed by atoms with Gasteiger partial charge < -0.3 is 5.11 Å². The molecule has 0 aliphatic rings. The Morgan fingerprint density at radius 2 is 1.48 bits per heavy atom. The molecule has 5 heteroatoms. The molecule has 2 aromatic heterocycles. The van der Waals surface area contributed by atoms with Crippen LogP contribution in [0.2, 0.25) is 0 Å². The Kier molecular flexibility index (Phi) is 7.61. The Bertz CT molecular complexity index is 1930. The molecule has 0 aliphatic heterocycles. The van der Waals surface area contributed by atoms with Crippen molar-refractivity contribution in [2.75, 3.05) is 0 Å². The molecule has 3 nitrogen and oxygen atoms in total. The number of pyridine rings is 2. The predicted molar refractivity (Wildman–Crippen MR) is 163 cm³/mol. The van der Waals surface area contributed by atoms with E-state index in [-0.39, 0.29) is 44.1 Å². The summed E-state index contributed by atoms with van der Waals surface area (Å²) in [6, 6.07) is 37.2. The molecule has 0 spiro atoms. The van der Waals surface area contributed by atoms with Crippen LogP contribution >= 0.6 is 0 Å². The number of rotatable bonds is 6. The molecule has 2 heterocycles. The van der Waals surface area contributed by atoms with Gasteiger partial charge in [-0.3, -0.25) is 9.97 Å². The molecule has 6 aromatic rings. The Morgan fingerprint density at radius 3 is 2.19 bits per heavy atom. The van der Waals surface area contributed by atoms with Crippen LogP contribution < -0.4 is 0 Å². The zero-order valence-electron chi connectivity index (χ0n) is 25.7. The van der Waals surface area contributed by atoms with Gasteiger partial charge in [-0.05, 0) is 46.5 Å². The van der Waals surface area contributed by atoms with E-state index in [0.29, 0.717) is 33.8 Å². The van der Waals surface area contributed by atoms with E-state index in [0.717, 1.165) is 22.3 Å². The third kappa shape index (κ3) is 6.10. The molecule has 1 N–H and O–H groups in total. The number of hydrogen-bond donors (Lipinski definition) is 1. The van der Waals surface area contributed by atoms with Crippen molar-refractivity contribution in [1.29, 1.82) is 0 Å². The fourth-order valence-corrected chi connectivity index (χ4v) is 5.05. The normalized spacial score (nSPS) is 12.9. The van der Waals surface area contributed by atoms with E-state index in [1.807, 2.05) is 61.5 Å². The predicted octanol–water partition coefficient (Wildman–Crippen LogP) is 9.25. The van der Waals surface area contributed by atoms with Gasteiger partial charge in [0.25, 0.3) is 0 Å². The topological polar surface area (TPSA) is 46.0 Å². The van der Waals surface area contributed by atoms with Crippen molar-refractivity contribution >= 4 is 0 Å². The summed E-state index contributed by atoms with van der Waals surface area (Å²) in [6.07, 6.45) is 1.76. The van der Waals surface area contributed by atoms with Gasteiger partial charge in [0, 0.05) is 54.2 Å². The molecule has 1 unspecified atom stereocenters. The first kappa shape index (κ1) is 25.3. The number of aryl methyl sites for hydroxylation is 1. The smallest absolute Gasteiger partial charge is 0.125 e. The Balaban J connectivity index is 0.00000400. The van der Waals surface area contributed by atoms with Crippen molar-refractivity contribution in [1.82, 2.24) is 9.97 Å². The van der Waals surface area contributed by atoms with Crippen molar-refractivity contribution in [2.24, 2.45) is 0 Å². The second-order valence-corrected chi connectivity index (χ2v) is 9.92. The molecule has 0 saturated carbocycles. The average Bonchev–Trinajstić information content (AvgIpc) is 3.04. The fraction of sp³-hybridized carbons (Fsp3) is 0.0811. The van der Waals surface area contributed by atoms with Crippen LogP contribution in [0.4, 0.5) is 4.39 Å². The molecule has 0 fully saturated rings. The number of aromatic hydroxyl groups is 1. The van der Waals surface area contributed by atoms with Crippen molar-refractivity contribution < 1.29 is 34.7 Å². The Hall–Kier alpha value is -4.40. The molecule has 0 amide bonds. The van der Waals surface area contributed by atoms with E-state index in [1.165, 1.54) is 12.1 Å². The van der Waals surface area contributed by atoms with Crippen LogP contribution in [-0.4, -0.2) is 15.1 Å². The van der Waals surface area contributed by atoms with E-state index in [2.05, 4.69) is 11.1 Å². The Labute approximate surface area is 264 Å². The van der Waals surface area contributed by atoms with Crippen LogP contribution in [0.5, 0.6) is 5.75 Å². The van der Waals surface area contributed by atoms with Crippen LogP contribution in [0, 0.1) is 18.7 Å². The van der Waals surface area contributed by atoms with Gasteiger partial charge in [-0.25, -0.2) is 4.39 Å². The van der Waals surface area contributed by atoms with Crippen molar-refractivity contribution in [2.45, 2.75) is 19.7 Å². The number of benzene rings is 4. The van der Waals surface area contributed by atoms with Gasteiger partial charge in [0.05, 0.1) is 5.69 Å². The van der Waals surface area contributed by atoms with Crippen LogP contribution in [0.25, 0.3) is 44.9 Å². The first-order valence-corrected chi connectivity index (χ1v) is 13.3. The number of hydrogen-bond acceptors (Lipinski definition) is 3. The number of aromatic nitrogens is 2. The van der Waals surface area contributed by atoms with Gasteiger partial charge in [0.1, 0.15) is 11.6 Å². The average molecular weight is 734 g/mol. The van der Waals surface area contributed by atoms with Gasteiger partial charge in [-0.2, -0.15) is 0 Å². The molecule has 0 bridgehead atoms. The maximum Gasteiger partial charge on any atom is 0.125 e. The zero-order valence-corrected chi connectivity index (χ0v) is 24.9. The van der Waals surface area contributed by atoms with E-state index in [9.17, 15) is 9.50 Å². The van der Waals surface area contributed by atoms with Crippen molar-refractivity contribution in [3.63, 3.8) is 0 Å². The van der Waals surface area contributed by atoms with Crippen LogP contribution in [0.3, 0.4) is 0 Å². The fourth-order valence-electron chi connectivity index (χ4n) is 5.05. The third-order valence-electron chi connectivity index (χ3n) is 7.21. The largest absolute Gasteiger partial charge is 0.507 e. The van der Waals surface area contributed by atoms with E-state index < -0.39 is 6.85 Å².